The van der Waals surface area contributed by atoms with Gasteiger partial charge in [-0.3, -0.25) is 4.79 Å². The Morgan fingerprint density at radius 2 is 1.73 bits per heavy atom. The van der Waals surface area contributed by atoms with Gasteiger partial charge in [-0.15, -0.1) is 0 Å². The van der Waals surface area contributed by atoms with E-state index in [1.807, 2.05) is 0 Å². The molecular weight excluding hydrogens is 381 g/mol. The lowest BCUT2D eigenvalue weighted by Gasteiger charge is -2.14. The van der Waals surface area contributed by atoms with Crippen LogP contribution in [-0.2, 0) is 6.54 Å². The van der Waals surface area contributed by atoms with E-state index >= 15 is 0 Å². The maximum absolute atomic E-state index is 14.1. The maximum atomic E-state index is 14.1. The van der Waals surface area contributed by atoms with Crippen LogP contribution in [0.15, 0.2) is 48.7 Å². The number of hydrogen-bond acceptors (Lipinski definition) is 3. The van der Waals surface area contributed by atoms with Crippen molar-refractivity contribution in [1.29, 1.82) is 0 Å². The number of nitrogens with two attached hydrogens (primary N) is 1. The molecule has 1 aromatic heterocycles. The van der Waals surface area contributed by atoms with Gasteiger partial charge < -0.3 is 5.73 Å². The monoisotopic (exact) mass is 392 g/mol. The average Bonchev–Trinajstić information content (AvgIpc) is 2.61. The van der Waals surface area contributed by atoms with E-state index in [2.05, 4.69) is 4.98 Å². The van der Waals surface area contributed by atoms with E-state index in [0.717, 1.165) is 12.1 Å². The van der Waals surface area contributed by atoms with Crippen molar-refractivity contribution in [3.8, 4) is 11.1 Å². The zero-order valence-electron chi connectivity index (χ0n) is 13.3. The molecule has 0 fully saturated rings. The first-order valence-corrected chi connectivity index (χ1v) is 8.31. The van der Waals surface area contributed by atoms with Gasteiger partial charge in [-0.2, -0.15) is 0 Å². The Hall–Kier alpha value is -2.34. The minimum Gasteiger partial charge on any atom is -0.326 e. The van der Waals surface area contributed by atoms with Gasteiger partial charge in [0.25, 0.3) is 0 Å². The second kappa shape index (κ2) is 7.50. The first kappa shape index (κ1) is 18.5. The number of carbonyl (C=O) groups is 1. The molecule has 0 aliphatic heterocycles. The maximum Gasteiger partial charge on any atom is 0.199 e. The van der Waals surface area contributed by atoms with Crippen LogP contribution in [0.25, 0.3) is 11.1 Å². The van der Waals surface area contributed by atoms with Crippen LogP contribution >= 0.6 is 23.2 Å². The second-order valence-corrected chi connectivity index (χ2v) is 6.31. The van der Waals surface area contributed by atoms with Gasteiger partial charge in [0, 0.05) is 23.3 Å². The lowest BCUT2D eigenvalue weighted by Crippen LogP contribution is -2.10. The molecule has 3 rings (SSSR count). The van der Waals surface area contributed by atoms with Gasteiger partial charge in [-0.05, 0) is 47.0 Å². The molecule has 0 aliphatic carbocycles. The molecule has 0 atom stereocenters. The molecule has 0 bridgehead atoms. The zero-order valence-corrected chi connectivity index (χ0v) is 14.8. The summed E-state index contributed by atoms with van der Waals surface area (Å²) in [6, 6.07) is 9.29. The summed E-state index contributed by atoms with van der Waals surface area (Å²) in [5.41, 5.74) is 6.71. The molecule has 0 amide bonds. The summed E-state index contributed by atoms with van der Waals surface area (Å²) < 4.78 is 28.2. The first-order chi connectivity index (χ1) is 12.4. The minimum atomic E-state index is -0.951. The third kappa shape index (κ3) is 3.46. The largest absolute Gasteiger partial charge is 0.326 e. The first-order valence-electron chi connectivity index (χ1n) is 7.55. The van der Waals surface area contributed by atoms with E-state index in [1.54, 1.807) is 18.2 Å². The number of ketones is 1. The molecule has 0 saturated heterocycles. The summed E-state index contributed by atoms with van der Waals surface area (Å²) in [6.45, 7) is 0.143. The number of pyridine rings is 1. The van der Waals surface area contributed by atoms with E-state index in [0.29, 0.717) is 16.7 Å². The van der Waals surface area contributed by atoms with E-state index in [4.69, 9.17) is 28.9 Å². The van der Waals surface area contributed by atoms with Crippen molar-refractivity contribution in [3.05, 3.63) is 87.2 Å². The van der Waals surface area contributed by atoms with Crippen molar-refractivity contribution in [1.82, 2.24) is 4.98 Å². The zero-order chi connectivity index (χ0) is 18.8. The smallest absolute Gasteiger partial charge is 0.199 e. The topological polar surface area (TPSA) is 56.0 Å². The number of rotatable bonds is 4. The van der Waals surface area contributed by atoms with Gasteiger partial charge in [0.15, 0.2) is 5.78 Å². The Morgan fingerprint density at radius 3 is 2.38 bits per heavy atom. The highest BCUT2D eigenvalue weighted by Gasteiger charge is 2.23. The van der Waals surface area contributed by atoms with Crippen molar-refractivity contribution in [2.45, 2.75) is 6.54 Å². The molecule has 0 saturated carbocycles. The molecular formula is C19H12Cl2F2N2O. The predicted molar refractivity (Wildman–Crippen MR) is 97.4 cm³/mol. The van der Waals surface area contributed by atoms with Gasteiger partial charge in [0.05, 0.1) is 5.56 Å². The summed E-state index contributed by atoms with van der Waals surface area (Å²) in [4.78, 5) is 16.9. The van der Waals surface area contributed by atoms with Gasteiger partial charge in [-0.1, -0.05) is 35.3 Å². The molecule has 2 N–H and O–H groups in total. The van der Waals surface area contributed by atoms with Crippen molar-refractivity contribution >= 4 is 29.0 Å². The quantitative estimate of drug-likeness (QED) is 0.500. The van der Waals surface area contributed by atoms with Crippen LogP contribution in [0.5, 0.6) is 0 Å². The standard InChI is InChI=1S/C19H12Cl2F2N2O/c20-11-4-5-12(13-7-17(21)25-9-10(13)8-24)14(6-11)19(26)18-15(22)2-1-3-16(18)23/h1-7,9H,8,24H2. The van der Waals surface area contributed by atoms with Crippen LogP contribution in [0.4, 0.5) is 8.78 Å². The third-order valence-corrected chi connectivity index (χ3v) is 4.32. The van der Waals surface area contributed by atoms with Gasteiger partial charge in [-0.25, -0.2) is 13.8 Å². The normalized spacial score (nSPS) is 10.8. The molecule has 0 unspecified atom stereocenters. The molecule has 7 heteroatoms. The molecule has 0 radical (unpaired) electrons. The highest BCUT2D eigenvalue weighted by atomic mass is 35.5. The Kier molecular flexibility index (Phi) is 5.32. The van der Waals surface area contributed by atoms with Crippen LogP contribution < -0.4 is 5.73 Å². The number of nitrogens with zero attached hydrogens (tertiary/aromatic N) is 1. The SMILES string of the molecule is NCc1cnc(Cl)cc1-c1ccc(Cl)cc1C(=O)c1c(F)cccc1F. The molecule has 3 aromatic rings. The van der Waals surface area contributed by atoms with Crippen LogP contribution in [-0.4, -0.2) is 10.8 Å². The summed E-state index contributed by atoms with van der Waals surface area (Å²) in [7, 11) is 0. The summed E-state index contributed by atoms with van der Waals surface area (Å²) in [5.74, 6) is -2.73. The Bertz CT molecular complexity index is 989. The van der Waals surface area contributed by atoms with Crippen LogP contribution in [0.3, 0.4) is 0 Å². The van der Waals surface area contributed by atoms with Crippen LogP contribution in [0.1, 0.15) is 21.5 Å². The highest BCUT2D eigenvalue weighted by Crippen LogP contribution is 2.32. The number of carbonyl (C=O) groups excluding carboxylic acids is 1. The molecule has 3 nitrogen and oxygen atoms in total. The fourth-order valence-corrected chi connectivity index (χ4v) is 2.99. The number of halogens is 4. The van der Waals surface area contributed by atoms with Crippen LogP contribution in [0.2, 0.25) is 10.2 Å². The third-order valence-electron chi connectivity index (χ3n) is 3.88. The van der Waals surface area contributed by atoms with E-state index in [1.165, 1.54) is 18.3 Å². The van der Waals surface area contributed by atoms with E-state index in [9.17, 15) is 13.6 Å². The van der Waals surface area contributed by atoms with Crippen molar-refractivity contribution in [2.75, 3.05) is 0 Å². The lowest BCUT2D eigenvalue weighted by atomic mass is 9.92. The summed E-state index contributed by atoms with van der Waals surface area (Å²) in [5, 5.41) is 0.450. The molecule has 0 spiro atoms. The minimum absolute atomic E-state index is 0.0402. The summed E-state index contributed by atoms with van der Waals surface area (Å²) in [6.07, 6.45) is 1.49. The van der Waals surface area contributed by atoms with Crippen LogP contribution in [0, 0.1) is 11.6 Å². The Balaban J connectivity index is 2.26. The molecule has 0 aliphatic rings. The Labute approximate surface area is 158 Å². The predicted octanol–water partition coefficient (Wildman–Crippen LogP) is 5.02. The number of benzene rings is 2. The van der Waals surface area contributed by atoms with Crippen molar-refractivity contribution in [2.24, 2.45) is 5.73 Å². The van der Waals surface area contributed by atoms with Crippen molar-refractivity contribution in [3.63, 3.8) is 0 Å². The van der Waals surface area contributed by atoms with Gasteiger partial charge in [0.1, 0.15) is 16.8 Å². The van der Waals surface area contributed by atoms with E-state index in [-0.39, 0.29) is 22.3 Å². The lowest BCUT2D eigenvalue weighted by molar-refractivity contribution is 0.103. The van der Waals surface area contributed by atoms with Gasteiger partial charge in [0.2, 0.25) is 0 Å². The molecule has 2 aromatic carbocycles. The molecule has 132 valence electrons. The van der Waals surface area contributed by atoms with Crippen molar-refractivity contribution < 1.29 is 13.6 Å². The molecule has 26 heavy (non-hydrogen) atoms. The highest BCUT2D eigenvalue weighted by molar-refractivity contribution is 6.31. The van der Waals surface area contributed by atoms with Gasteiger partial charge >= 0.3 is 0 Å². The Morgan fingerprint density at radius 1 is 1.04 bits per heavy atom. The second-order valence-electron chi connectivity index (χ2n) is 5.48. The van der Waals surface area contributed by atoms with E-state index < -0.39 is 23.0 Å². The summed E-state index contributed by atoms with van der Waals surface area (Å²) >= 11 is 12.0. The number of hydrogen-bond donors (Lipinski definition) is 1. The molecule has 1 heterocycles. The fraction of sp³-hybridized carbons (Fsp3) is 0.0526. The average molecular weight is 393 g/mol. The number of aromatic nitrogens is 1. The fourth-order valence-electron chi connectivity index (χ4n) is 2.66.